The van der Waals surface area contributed by atoms with Gasteiger partial charge < -0.3 is 20.4 Å². The number of rotatable bonds is 8. The van der Waals surface area contributed by atoms with Crippen molar-refractivity contribution in [1.29, 1.82) is 0 Å². The van der Waals surface area contributed by atoms with E-state index in [-0.39, 0.29) is 26.4 Å². The molecule has 0 aromatic heterocycles. The van der Waals surface area contributed by atoms with Crippen molar-refractivity contribution in [2.24, 2.45) is 0 Å². The van der Waals surface area contributed by atoms with Crippen molar-refractivity contribution in [2.75, 3.05) is 51.1 Å². The first-order valence-electron chi connectivity index (χ1n) is 5.23. The van der Waals surface area contributed by atoms with Crippen molar-refractivity contribution in [3.63, 3.8) is 0 Å². The molecule has 0 aliphatic heterocycles. The van der Waals surface area contributed by atoms with Crippen molar-refractivity contribution >= 4 is 17.7 Å². The van der Waals surface area contributed by atoms with E-state index in [9.17, 15) is 0 Å². The van der Waals surface area contributed by atoms with Crippen LogP contribution in [-0.4, -0.2) is 89.0 Å². The van der Waals surface area contributed by atoms with E-state index < -0.39 is 17.7 Å². The first-order valence-corrected chi connectivity index (χ1v) is 9.16. The van der Waals surface area contributed by atoms with Crippen LogP contribution in [0.5, 0.6) is 0 Å². The molecule has 0 saturated carbocycles. The van der Waals surface area contributed by atoms with Gasteiger partial charge >= 0.3 is 10.4 Å². The van der Waals surface area contributed by atoms with Crippen LogP contribution in [0.4, 0.5) is 0 Å². The van der Waals surface area contributed by atoms with Gasteiger partial charge in [-0.3, -0.25) is 9.11 Å². The fraction of sp³-hybridized carbons (Fsp3) is 1.00. The van der Waals surface area contributed by atoms with E-state index in [0.29, 0.717) is 24.6 Å². The third-order valence-electron chi connectivity index (χ3n) is 2.30. The fourth-order valence-electron chi connectivity index (χ4n) is 1.52. The highest BCUT2D eigenvalue weighted by Crippen LogP contribution is 2.57. The Morgan fingerprint density at radius 2 is 0.833 bits per heavy atom. The second kappa shape index (κ2) is 11.0. The first-order chi connectivity index (χ1) is 8.24. The molecular formula is C8H22O8PS+. The highest BCUT2D eigenvalue weighted by molar-refractivity contribution is 7.79. The minimum absolute atomic E-state index is 0.0772. The van der Waals surface area contributed by atoms with E-state index in [4.69, 9.17) is 37.9 Å². The third kappa shape index (κ3) is 14.2. The summed E-state index contributed by atoms with van der Waals surface area (Å²) < 4.78 is 31.6. The van der Waals surface area contributed by atoms with Crippen LogP contribution in [0.15, 0.2) is 0 Å². The molecule has 0 radical (unpaired) electrons. The molecule has 0 fully saturated rings. The molecule has 0 heterocycles. The standard InChI is InChI=1S/C8H20O4P.H2O4S/c9-1-5-13(6-2-10,7-3-11)8-4-12;1-5(2,3)4/h9-12H,1-8H2;(H2,1,2,3,4)/q+1;. The molecule has 0 unspecified atom stereocenters. The zero-order valence-corrected chi connectivity index (χ0v) is 11.7. The summed E-state index contributed by atoms with van der Waals surface area (Å²) in [5.74, 6) is 0. The van der Waals surface area contributed by atoms with Crippen LogP contribution in [-0.2, 0) is 10.4 Å². The van der Waals surface area contributed by atoms with Crippen LogP contribution in [0.2, 0.25) is 0 Å². The molecule has 0 bridgehead atoms. The largest absolute Gasteiger partial charge is 0.394 e. The Morgan fingerprint density at radius 1 is 0.667 bits per heavy atom. The predicted octanol–water partition coefficient (Wildman–Crippen LogP) is -1.68. The van der Waals surface area contributed by atoms with E-state index in [1.165, 1.54) is 0 Å². The molecule has 0 aliphatic rings. The van der Waals surface area contributed by atoms with Crippen molar-refractivity contribution < 1.29 is 37.9 Å². The summed E-state index contributed by atoms with van der Waals surface area (Å²) in [4.78, 5) is 0. The van der Waals surface area contributed by atoms with Gasteiger partial charge in [-0.05, 0) is 0 Å². The SMILES string of the molecule is O=S(=O)(O)O.OCC[P+](CCO)(CCO)CCO. The van der Waals surface area contributed by atoms with Crippen LogP contribution in [0.3, 0.4) is 0 Å². The smallest absolute Gasteiger partial charge is 0.393 e. The summed E-state index contributed by atoms with van der Waals surface area (Å²) in [5.41, 5.74) is 0. The predicted molar refractivity (Wildman–Crippen MR) is 68.9 cm³/mol. The molecule has 18 heavy (non-hydrogen) atoms. The molecule has 0 aromatic carbocycles. The second-order valence-electron chi connectivity index (χ2n) is 3.58. The van der Waals surface area contributed by atoms with Crippen LogP contribution >= 0.6 is 7.26 Å². The Labute approximate surface area is 107 Å². The van der Waals surface area contributed by atoms with Gasteiger partial charge in [-0.1, -0.05) is 0 Å². The lowest BCUT2D eigenvalue weighted by Gasteiger charge is -2.24. The number of aliphatic hydroxyl groups is 4. The maximum absolute atomic E-state index is 8.86. The van der Waals surface area contributed by atoms with Gasteiger partial charge in [-0.25, -0.2) is 0 Å². The summed E-state index contributed by atoms with van der Waals surface area (Å²) in [5, 5.41) is 35.5. The average molecular weight is 309 g/mol. The third-order valence-corrected chi connectivity index (χ3v) is 6.89. The summed E-state index contributed by atoms with van der Waals surface area (Å²) >= 11 is 0. The van der Waals surface area contributed by atoms with Crippen molar-refractivity contribution in [1.82, 2.24) is 0 Å². The lowest BCUT2D eigenvalue weighted by atomic mass is 10.8. The lowest BCUT2D eigenvalue weighted by molar-refractivity contribution is 0.302. The molecule has 0 aliphatic carbocycles. The van der Waals surface area contributed by atoms with Crippen LogP contribution in [0, 0.1) is 0 Å². The van der Waals surface area contributed by atoms with Gasteiger partial charge in [-0.15, -0.1) is 0 Å². The molecule has 112 valence electrons. The quantitative estimate of drug-likeness (QED) is 0.229. The molecular weight excluding hydrogens is 287 g/mol. The van der Waals surface area contributed by atoms with Crippen molar-refractivity contribution in [3.05, 3.63) is 0 Å². The van der Waals surface area contributed by atoms with Crippen LogP contribution in [0.25, 0.3) is 0 Å². The zero-order valence-electron chi connectivity index (χ0n) is 10.0. The maximum Gasteiger partial charge on any atom is 0.394 e. The van der Waals surface area contributed by atoms with Crippen molar-refractivity contribution in [2.45, 2.75) is 0 Å². The van der Waals surface area contributed by atoms with Crippen LogP contribution < -0.4 is 0 Å². The highest BCUT2D eigenvalue weighted by atomic mass is 32.3. The lowest BCUT2D eigenvalue weighted by Crippen LogP contribution is -2.19. The van der Waals surface area contributed by atoms with E-state index in [0.717, 1.165) is 0 Å². The highest BCUT2D eigenvalue weighted by Gasteiger charge is 2.34. The summed E-state index contributed by atoms with van der Waals surface area (Å²) in [6, 6.07) is 0. The monoisotopic (exact) mass is 309 g/mol. The molecule has 0 aromatic rings. The average Bonchev–Trinajstić information content (AvgIpc) is 2.16. The van der Waals surface area contributed by atoms with E-state index in [1.54, 1.807) is 0 Å². The molecule has 6 N–H and O–H groups in total. The van der Waals surface area contributed by atoms with Gasteiger partial charge in [0, 0.05) is 7.26 Å². The zero-order chi connectivity index (χ0) is 14.7. The minimum Gasteiger partial charge on any atom is -0.393 e. The minimum atomic E-state index is -4.67. The van der Waals surface area contributed by atoms with E-state index >= 15 is 0 Å². The maximum atomic E-state index is 8.86. The fourth-order valence-corrected chi connectivity index (χ4v) is 4.56. The summed E-state index contributed by atoms with van der Waals surface area (Å²) in [6.45, 7) is 0.309. The molecule has 0 amide bonds. The van der Waals surface area contributed by atoms with Gasteiger partial charge in [0.25, 0.3) is 0 Å². The summed E-state index contributed by atoms with van der Waals surface area (Å²) in [6.07, 6.45) is 2.53. The number of hydrogen-bond acceptors (Lipinski definition) is 6. The van der Waals surface area contributed by atoms with E-state index in [1.807, 2.05) is 0 Å². The molecule has 0 saturated heterocycles. The molecule has 0 rings (SSSR count). The number of aliphatic hydroxyl groups excluding tert-OH is 4. The Balaban J connectivity index is 0. The van der Waals surface area contributed by atoms with Crippen molar-refractivity contribution in [3.8, 4) is 0 Å². The van der Waals surface area contributed by atoms with Gasteiger partial charge in [0.1, 0.15) is 0 Å². The topological polar surface area (TPSA) is 156 Å². The molecule has 0 atom stereocenters. The van der Waals surface area contributed by atoms with Gasteiger partial charge in [0.05, 0.1) is 51.1 Å². The Bertz CT molecular complexity index is 243. The molecule has 10 heteroatoms. The molecule has 0 spiro atoms. The Hall–Kier alpha value is 0.140. The summed E-state index contributed by atoms with van der Waals surface area (Å²) in [7, 11) is -6.16. The van der Waals surface area contributed by atoms with E-state index in [2.05, 4.69) is 0 Å². The van der Waals surface area contributed by atoms with Gasteiger partial charge in [-0.2, -0.15) is 8.42 Å². The second-order valence-corrected chi connectivity index (χ2v) is 8.95. The normalized spacial score (nSPS) is 11.9. The van der Waals surface area contributed by atoms with Gasteiger partial charge in [0.2, 0.25) is 0 Å². The number of hydrogen-bond donors (Lipinski definition) is 6. The Morgan fingerprint density at radius 3 is 0.944 bits per heavy atom. The first kappa shape index (κ1) is 20.5. The van der Waals surface area contributed by atoms with Gasteiger partial charge in [0.15, 0.2) is 0 Å². The Kier molecular flexibility index (Phi) is 12.5. The molecule has 8 nitrogen and oxygen atoms in total. The van der Waals surface area contributed by atoms with Crippen LogP contribution in [0.1, 0.15) is 0 Å².